The lowest BCUT2D eigenvalue weighted by Gasteiger charge is -2.35. The van der Waals surface area contributed by atoms with E-state index in [1.54, 1.807) is 6.20 Å². The summed E-state index contributed by atoms with van der Waals surface area (Å²) < 4.78 is 0. The van der Waals surface area contributed by atoms with Crippen LogP contribution in [0.15, 0.2) is 48.7 Å². The zero-order valence-corrected chi connectivity index (χ0v) is 15.9. The molecule has 0 atom stereocenters. The molecular formula is C21H28N4O. The molecule has 1 aliphatic rings. The van der Waals surface area contributed by atoms with Crippen LogP contribution < -0.4 is 10.2 Å². The molecule has 5 heteroatoms. The van der Waals surface area contributed by atoms with Gasteiger partial charge in [0.05, 0.1) is 5.56 Å². The standard InChI is InChI=1S/C21H28N4O/c1-21(2,3)23-20(26)18-9-10-19(22-15-18)25-13-11-24(12-14-25)16-17-7-5-4-6-8-17/h4-10,15H,11-14,16H2,1-3H3,(H,23,26). The number of nitrogens with one attached hydrogen (secondary N) is 1. The van der Waals surface area contributed by atoms with Gasteiger partial charge in [0.15, 0.2) is 0 Å². The summed E-state index contributed by atoms with van der Waals surface area (Å²) in [5.41, 5.74) is 1.71. The number of carbonyl (C=O) groups excluding carboxylic acids is 1. The van der Waals surface area contributed by atoms with Gasteiger partial charge in [-0.3, -0.25) is 9.69 Å². The highest BCUT2D eigenvalue weighted by atomic mass is 16.1. The molecule has 1 aromatic heterocycles. The molecule has 2 heterocycles. The van der Waals surface area contributed by atoms with E-state index in [4.69, 9.17) is 0 Å². The van der Waals surface area contributed by atoms with Gasteiger partial charge in [-0.2, -0.15) is 0 Å². The van der Waals surface area contributed by atoms with Gasteiger partial charge in [0.1, 0.15) is 5.82 Å². The third kappa shape index (κ3) is 5.05. The lowest BCUT2D eigenvalue weighted by atomic mass is 10.1. The normalized spacial score (nSPS) is 15.7. The fourth-order valence-corrected chi connectivity index (χ4v) is 3.10. The molecule has 1 fully saturated rings. The SMILES string of the molecule is CC(C)(C)NC(=O)c1ccc(N2CCN(Cc3ccccc3)CC2)nc1. The Kier molecular flexibility index (Phi) is 5.57. The number of carbonyl (C=O) groups is 1. The molecular weight excluding hydrogens is 324 g/mol. The Morgan fingerprint density at radius 1 is 1.04 bits per heavy atom. The number of pyridine rings is 1. The van der Waals surface area contributed by atoms with E-state index in [0.29, 0.717) is 5.56 Å². The van der Waals surface area contributed by atoms with Gasteiger partial charge in [0, 0.05) is 44.5 Å². The van der Waals surface area contributed by atoms with Crippen molar-refractivity contribution in [1.29, 1.82) is 0 Å². The summed E-state index contributed by atoms with van der Waals surface area (Å²) in [6, 6.07) is 14.4. The molecule has 1 N–H and O–H groups in total. The molecule has 0 bridgehead atoms. The maximum absolute atomic E-state index is 12.2. The van der Waals surface area contributed by atoms with E-state index in [1.807, 2.05) is 32.9 Å². The van der Waals surface area contributed by atoms with Crippen LogP contribution in [0.5, 0.6) is 0 Å². The van der Waals surface area contributed by atoms with Crippen molar-refractivity contribution >= 4 is 11.7 Å². The van der Waals surface area contributed by atoms with Crippen molar-refractivity contribution < 1.29 is 4.79 Å². The minimum absolute atomic E-state index is 0.0794. The van der Waals surface area contributed by atoms with E-state index in [-0.39, 0.29) is 11.4 Å². The van der Waals surface area contributed by atoms with Crippen molar-refractivity contribution in [1.82, 2.24) is 15.2 Å². The largest absolute Gasteiger partial charge is 0.354 e. The highest BCUT2D eigenvalue weighted by Gasteiger charge is 2.19. The molecule has 0 unspecified atom stereocenters. The van der Waals surface area contributed by atoms with E-state index >= 15 is 0 Å². The second-order valence-corrected chi connectivity index (χ2v) is 7.86. The second-order valence-electron chi connectivity index (χ2n) is 7.86. The minimum atomic E-state index is -0.245. The van der Waals surface area contributed by atoms with Crippen LogP contribution in [0.25, 0.3) is 0 Å². The van der Waals surface area contributed by atoms with Crippen molar-refractivity contribution in [2.24, 2.45) is 0 Å². The highest BCUT2D eigenvalue weighted by Crippen LogP contribution is 2.16. The molecule has 1 saturated heterocycles. The van der Waals surface area contributed by atoms with Crippen LogP contribution >= 0.6 is 0 Å². The first-order valence-electron chi connectivity index (χ1n) is 9.20. The molecule has 0 radical (unpaired) electrons. The number of aromatic nitrogens is 1. The van der Waals surface area contributed by atoms with Crippen molar-refractivity contribution in [3.05, 3.63) is 59.8 Å². The Balaban J connectivity index is 1.54. The average Bonchev–Trinajstić information content (AvgIpc) is 2.62. The van der Waals surface area contributed by atoms with E-state index in [2.05, 4.69) is 50.4 Å². The molecule has 1 amide bonds. The summed E-state index contributed by atoms with van der Waals surface area (Å²) in [7, 11) is 0. The smallest absolute Gasteiger partial charge is 0.253 e. The first-order chi connectivity index (χ1) is 12.4. The number of hydrogen-bond acceptors (Lipinski definition) is 4. The van der Waals surface area contributed by atoms with Gasteiger partial charge in [-0.15, -0.1) is 0 Å². The third-order valence-electron chi connectivity index (χ3n) is 4.44. The predicted octanol–water partition coefficient (Wildman–Crippen LogP) is 2.93. The zero-order valence-electron chi connectivity index (χ0n) is 15.9. The molecule has 5 nitrogen and oxygen atoms in total. The number of piperazine rings is 1. The van der Waals surface area contributed by atoms with E-state index in [0.717, 1.165) is 38.5 Å². The molecule has 1 aromatic carbocycles. The summed E-state index contributed by atoms with van der Waals surface area (Å²) in [4.78, 5) is 21.5. The third-order valence-corrected chi connectivity index (χ3v) is 4.44. The Morgan fingerprint density at radius 3 is 2.31 bits per heavy atom. The number of nitrogens with zero attached hydrogens (tertiary/aromatic N) is 3. The summed E-state index contributed by atoms with van der Waals surface area (Å²) >= 11 is 0. The molecule has 1 aliphatic heterocycles. The molecule has 2 aromatic rings. The fraction of sp³-hybridized carbons (Fsp3) is 0.429. The second kappa shape index (κ2) is 7.87. The van der Waals surface area contributed by atoms with Crippen LogP contribution in [0, 0.1) is 0 Å². The lowest BCUT2D eigenvalue weighted by Crippen LogP contribution is -2.46. The first kappa shape index (κ1) is 18.4. The summed E-state index contributed by atoms with van der Waals surface area (Å²) in [5, 5.41) is 2.96. The van der Waals surface area contributed by atoms with Gasteiger partial charge < -0.3 is 10.2 Å². The van der Waals surface area contributed by atoms with Crippen molar-refractivity contribution in [2.45, 2.75) is 32.9 Å². The van der Waals surface area contributed by atoms with E-state index in [9.17, 15) is 4.79 Å². The van der Waals surface area contributed by atoms with Crippen molar-refractivity contribution in [2.75, 3.05) is 31.1 Å². The van der Waals surface area contributed by atoms with Crippen LogP contribution in [0.3, 0.4) is 0 Å². The van der Waals surface area contributed by atoms with Crippen LogP contribution in [0.4, 0.5) is 5.82 Å². The van der Waals surface area contributed by atoms with Gasteiger partial charge in [-0.05, 0) is 38.5 Å². The predicted molar refractivity (Wildman–Crippen MR) is 105 cm³/mol. The molecule has 3 rings (SSSR count). The van der Waals surface area contributed by atoms with Crippen molar-refractivity contribution in [3.63, 3.8) is 0 Å². The summed E-state index contributed by atoms with van der Waals surface area (Å²) in [6.07, 6.45) is 1.67. The van der Waals surface area contributed by atoms with Gasteiger partial charge in [-0.1, -0.05) is 30.3 Å². The topological polar surface area (TPSA) is 48.5 Å². The maximum Gasteiger partial charge on any atom is 0.253 e. The van der Waals surface area contributed by atoms with E-state index in [1.165, 1.54) is 5.56 Å². The number of anilines is 1. The molecule has 0 aliphatic carbocycles. The molecule has 138 valence electrons. The summed E-state index contributed by atoms with van der Waals surface area (Å²) in [6.45, 7) is 10.9. The Hall–Kier alpha value is -2.40. The Morgan fingerprint density at radius 2 is 1.73 bits per heavy atom. The Bertz CT molecular complexity index is 714. The van der Waals surface area contributed by atoms with Gasteiger partial charge in [0.25, 0.3) is 5.91 Å². The van der Waals surface area contributed by atoms with Crippen LogP contribution in [0.2, 0.25) is 0 Å². The fourth-order valence-electron chi connectivity index (χ4n) is 3.10. The number of rotatable bonds is 4. The number of benzene rings is 1. The van der Waals surface area contributed by atoms with Gasteiger partial charge in [0.2, 0.25) is 0 Å². The van der Waals surface area contributed by atoms with Crippen LogP contribution in [-0.4, -0.2) is 47.5 Å². The quantitative estimate of drug-likeness (QED) is 0.919. The van der Waals surface area contributed by atoms with Crippen molar-refractivity contribution in [3.8, 4) is 0 Å². The maximum atomic E-state index is 12.2. The Labute approximate surface area is 156 Å². The van der Waals surface area contributed by atoms with Crippen LogP contribution in [-0.2, 0) is 6.54 Å². The number of amides is 1. The van der Waals surface area contributed by atoms with E-state index < -0.39 is 0 Å². The lowest BCUT2D eigenvalue weighted by molar-refractivity contribution is 0.0919. The summed E-state index contributed by atoms with van der Waals surface area (Å²) in [5.74, 6) is 0.862. The zero-order chi connectivity index (χ0) is 18.6. The molecule has 0 saturated carbocycles. The minimum Gasteiger partial charge on any atom is -0.354 e. The van der Waals surface area contributed by atoms with Gasteiger partial charge >= 0.3 is 0 Å². The first-order valence-corrected chi connectivity index (χ1v) is 9.20. The van der Waals surface area contributed by atoms with Crippen LogP contribution in [0.1, 0.15) is 36.7 Å². The van der Waals surface area contributed by atoms with Gasteiger partial charge in [-0.25, -0.2) is 4.98 Å². The monoisotopic (exact) mass is 352 g/mol. The highest BCUT2D eigenvalue weighted by molar-refractivity contribution is 5.94. The molecule has 0 spiro atoms. The number of hydrogen-bond donors (Lipinski definition) is 1. The average molecular weight is 352 g/mol. The molecule has 26 heavy (non-hydrogen) atoms.